The molecule has 1 heterocycles. The van der Waals surface area contributed by atoms with Crippen LogP contribution in [0.5, 0.6) is 11.5 Å². The van der Waals surface area contributed by atoms with Gasteiger partial charge in [0.1, 0.15) is 5.82 Å². The molecule has 1 N–H and O–H groups in total. The van der Waals surface area contributed by atoms with Crippen LogP contribution in [0.1, 0.15) is 5.56 Å². The maximum absolute atomic E-state index is 5.34. The zero-order chi connectivity index (χ0) is 20.9. The van der Waals surface area contributed by atoms with Crippen LogP contribution in [-0.4, -0.2) is 25.4 Å². The topological polar surface area (TPSA) is 55.7 Å². The van der Waals surface area contributed by atoms with Gasteiger partial charge in [-0.3, -0.25) is 5.43 Å². The van der Waals surface area contributed by atoms with E-state index in [1.54, 1.807) is 20.4 Å². The Morgan fingerprint density at radius 2 is 1.70 bits per heavy atom. The number of hydrogen-bond acceptors (Lipinski definition) is 5. The molecule has 5 nitrogen and oxygen atoms in total. The third kappa shape index (κ3) is 4.28. The number of rotatable bonds is 6. The number of nitrogens with zero attached hydrogens (tertiary/aromatic N) is 2. The second kappa shape index (κ2) is 8.97. The van der Waals surface area contributed by atoms with E-state index in [1.165, 1.54) is 0 Å². The summed E-state index contributed by atoms with van der Waals surface area (Å²) in [6, 6.07) is 23.9. The summed E-state index contributed by atoms with van der Waals surface area (Å²) in [5.74, 6) is 2.00. The number of fused-ring (bicyclic) bond motifs is 1. The van der Waals surface area contributed by atoms with Gasteiger partial charge < -0.3 is 9.47 Å². The first-order valence-corrected chi connectivity index (χ1v) is 10.1. The molecule has 0 bridgehead atoms. The van der Waals surface area contributed by atoms with E-state index in [0.717, 1.165) is 32.1 Å². The van der Waals surface area contributed by atoms with Crippen molar-refractivity contribution in [2.24, 2.45) is 5.10 Å². The van der Waals surface area contributed by atoms with Crippen LogP contribution in [0.3, 0.4) is 0 Å². The van der Waals surface area contributed by atoms with E-state index in [9.17, 15) is 0 Å². The summed E-state index contributed by atoms with van der Waals surface area (Å²) < 4.78 is 11.6. The van der Waals surface area contributed by atoms with Crippen molar-refractivity contribution in [2.45, 2.75) is 0 Å². The number of pyridine rings is 1. The summed E-state index contributed by atoms with van der Waals surface area (Å²) in [5.41, 5.74) is 7.03. The lowest BCUT2D eigenvalue weighted by Crippen LogP contribution is -1.96. The number of ether oxygens (including phenoxy) is 2. The minimum absolute atomic E-state index is 0.655. The molecule has 0 atom stereocenters. The zero-order valence-corrected chi connectivity index (χ0v) is 18.2. The molecule has 4 aromatic rings. The third-order valence-corrected chi connectivity index (χ3v) is 5.15. The normalized spacial score (nSPS) is 11.0. The average Bonchev–Trinajstić information content (AvgIpc) is 2.79. The highest BCUT2D eigenvalue weighted by Crippen LogP contribution is 2.32. The highest BCUT2D eigenvalue weighted by molar-refractivity contribution is 9.10. The molecule has 4 rings (SSSR count). The van der Waals surface area contributed by atoms with Gasteiger partial charge in [0.2, 0.25) is 0 Å². The summed E-state index contributed by atoms with van der Waals surface area (Å²) in [6.45, 7) is 0. The summed E-state index contributed by atoms with van der Waals surface area (Å²) in [5, 5.41) is 5.43. The van der Waals surface area contributed by atoms with Crippen molar-refractivity contribution in [3.05, 3.63) is 82.8 Å². The molecular weight excluding hydrogens is 442 g/mol. The van der Waals surface area contributed by atoms with Crippen LogP contribution >= 0.6 is 15.9 Å². The van der Waals surface area contributed by atoms with Gasteiger partial charge in [-0.25, -0.2) is 4.98 Å². The van der Waals surface area contributed by atoms with Gasteiger partial charge in [0, 0.05) is 9.86 Å². The molecule has 3 aromatic carbocycles. The number of hydrogen-bond donors (Lipinski definition) is 1. The molecular formula is C24H20BrN3O2. The number of anilines is 1. The molecule has 0 unspecified atom stereocenters. The predicted octanol–water partition coefficient (Wildman–Crippen LogP) is 6.13. The minimum atomic E-state index is 0.655. The van der Waals surface area contributed by atoms with Gasteiger partial charge in [0.25, 0.3) is 0 Å². The molecule has 0 amide bonds. The van der Waals surface area contributed by atoms with Crippen LogP contribution in [0.4, 0.5) is 5.82 Å². The van der Waals surface area contributed by atoms with Crippen molar-refractivity contribution >= 4 is 38.9 Å². The fraction of sp³-hybridized carbons (Fsp3) is 0.0833. The Bertz CT molecular complexity index is 1210. The molecule has 0 aliphatic rings. The third-order valence-electron chi connectivity index (χ3n) is 4.66. The second-order valence-electron chi connectivity index (χ2n) is 6.57. The molecule has 6 heteroatoms. The Labute approximate surface area is 183 Å². The first-order chi connectivity index (χ1) is 14.7. The molecule has 1 aromatic heterocycles. The van der Waals surface area contributed by atoms with Crippen LogP contribution in [0, 0.1) is 0 Å². The van der Waals surface area contributed by atoms with Gasteiger partial charge in [-0.2, -0.15) is 5.10 Å². The van der Waals surface area contributed by atoms with Crippen molar-refractivity contribution in [1.82, 2.24) is 4.98 Å². The highest BCUT2D eigenvalue weighted by atomic mass is 79.9. The van der Waals surface area contributed by atoms with Gasteiger partial charge in [0.05, 0.1) is 26.0 Å². The fourth-order valence-corrected chi connectivity index (χ4v) is 3.58. The number of benzene rings is 3. The Hall–Kier alpha value is -3.38. The number of halogens is 1. The number of nitrogens with one attached hydrogen (secondary N) is 1. The van der Waals surface area contributed by atoms with Crippen LogP contribution in [-0.2, 0) is 0 Å². The van der Waals surface area contributed by atoms with Gasteiger partial charge in [-0.05, 0) is 59.2 Å². The first-order valence-electron chi connectivity index (χ1n) is 9.35. The lowest BCUT2D eigenvalue weighted by atomic mass is 10.0. The average molecular weight is 462 g/mol. The van der Waals surface area contributed by atoms with Crippen molar-refractivity contribution in [3.8, 4) is 22.6 Å². The van der Waals surface area contributed by atoms with Crippen LogP contribution in [0.2, 0.25) is 0 Å². The monoisotopic (exact) mass is 461 g/mol. The Morgan fingerprint density at radius 3 is 2.47 bits per heavy atom. The number of aromatic nitrogens is 1. The van der Waals surface area contributed by atoms with Crippen molar-refractivity contribution in [3.63, 3.8) is 0 Å². The molecule has 0 spiro atoms. The van der Waals surface area contributed by atoms with Gasteiger partial charge in [-0.15, -0.1) is 0 Å². The summed E-state index contributed by atoms with van der Waals surface area (Å²) in [4.78, 5) is 4.70. The van der Waals surface area contributed by atoms with Gasteiger partial charge in [0.15, 0.2) is 11.5 Å². The van der Waals surface area contributed by atoms with E-state index >= 15 is 0 Å². The van der Waals surface area contributed by atoms with Crippen molar-refractivity contribution < 1.29 is 9.47 Å². The van der Waals surface area contributed by atoms with Gasteiger partial charge in [-0.1, -0.05) is 46.3 Å². The fourth-order valence-electron chi connectivity index (χ4n) is 3.22. The van der Waals surface area contributed by atoms with E-state index in [0.29, 0.717) is 17.3 Å². The number of hydrazone groups is 1. The Kier molecular flexibility index (Phi) is 5.95. The largest absolute Gasteiger partial charge is 0.493 e. The Balaban J connectivity index is 1.67. The van der Waals surface area contributed by atoms with E-state index in [1.807, 2.05) is 54.6 Å². The molecule has 0 radical (unpaired) electrons. The number of methoxy groups -OCH3 is 2. The van der Waals surface area contributed by atoms with E-state index in [4.69, 9.17) is 14.5 Å². The van der Waals surface area contributed by atoms with E-state index in [2.05, 4.69) is 44.7 Å². The maximum atomic E-state index is 5.34. The molecule has 30 heavy (non-hydrogen) atoms. The molecule has 0 aliphatic heterocycles. The minimum Gasteiger partial charge on any atom is -0.493 e. The smallest absolute Gasteiger partial charge is 0.161 e. The zero-order valence-electron chi connectivity index (χ0n) is 16.6. The highest BCUT2D eigenvalue weighted by Gasteiger charge is 2.09. The second-order valence-corrected chi connectivity index (χ2v) is 7.48. The molecule has 0 aliphatic carbocycles. The summed E-state index contributed by atoms with van der Waals surface area (Å²) >= 11 is 3.56. The van der Waals surface area contributed by atoms with Crippen molar-refractivity contribution in [1.29, 1.82) is 0 Å². The molecule has 150 valence electrons. The standard InChI is InChI=1S/C24H20BrN3O2/c1-29-22-11-8-16(12-23(22)30-2)15-26-28-24-14-19(17-6-4-3-5-7-17)20-13-18(25)9-10-21(20)27-24/h3-15H,1-2H3,(H,27,28). The van der Waals surface area contributed by atoms with Crippen LogP contribution < -0.4 is 14.9 Å². The predicted molar refractivity (Wildman–Crippen MR) is 126 cm³/mol. The van der Waals surface area contributed by atoms with Crippen LogP contribution in [0.25, 0.3) is 22.0 Å². The van der Waals surface area contributed by atoms with Crippen molar-refractivity contribution in [2.75, 3.05) is 19.6 Å². The maximum Gasteiger partial charge on any atom is 0.161 e. The Morgan fingerprint density at radius 1 is 0.900 bits per heavy atom. The lowest BCUT2D eigenvalue weighted by Gasteiger charge is -2.10. The van der Waals surface area contributed by atoms with Crippen LogP contribution in [0.15, 0.2) is 82.4 Å². The summed E-state index contributed by atoms with van der Waals surface area (Å²) in [6.07, 6.45) is 1.72. The lowest BCUT2D eigenvalue weighted by molar-refractivity contribution is 0.355. The quantitative estimate of drug-likeness (QED) is 0.277. The van der Waals surface area contributed by atoms with E-state index in [-0.39, 0.29) is 0 Å². The SMILES string of the molecule is COc1ccc(C=NNc2cc(-c3ccccc3)c3cc(Br)ccc3n2)cc1OC. The van der Waals surface area contributed by atoms with Gasteiger partial charge >= 0.3 is 0 Å². The summed E-state index contributed by atoms with van der Waals surface area (Å²) in [7, 11) is 3.22. The molecule has 0 saturated carbocycles. The molecule has 0 saturated heterocycles. The molecule has 0 fully saturated rings. The van der Waals surface area contributed by atoms with E-state index < -0.39 is 0 Å². The first kappa shape index (κ1) is 19.9.